The number of aliphatic hydroxyl groups is 1. The van der Waals surface area contributed by atoms with Gasteiger partial charge in [-0.1, -0.05) is 0 Å². The zero-order chi connectivity index (χ0) is 12.9. The highest BCUT2D eigenvalue weighted by Crippen LogP contribution is 2.19. The van der Waals surface area contributed by atoms with E-state index in [1.807, 2.05) is 0 Å². The molecule has 1 unspecified atom stereocenters. The van der Waals surface area contributed by atoms with Crippen LogP contribution in [0.15, 0.2) is 24.3 Å². The van der Waals surface area contributed by atoms with Crippen LogP contribution in [0.1, 0.15) is 20.3 Å². The minimum absolute atomic E-state index is 0.0591. The summed E-state index contributed by atoms with van der Waals surface area (Å²) >= 11 is 0. The largest absolute Gasteiger partial charge is 0.466 e. The molecule has 0 radical (unpaired) electrons. The van der Waals surface area contributed by atoms with E-state index in [-0.39, 0.29) is 18.8 Å². The van der Waals surface area contributed by atoms with Crippen molar-refractivity contribution in [3.8, 4) is 5.75 Å². The number of carbonyl (C=O) groups is 1. The van der Waals surface area contributed by atoms with Crippen LogP contribution < -0.4 is 4.74 Å². The molecule has 1 aromatic carbocycles. The van der Waals surface area contributed by atoms with Gasteiger partial charge in [-0.3, -0.25) is 4.79 Å². The first kappa shape index (κ1) is 13.4. The van der Waals surface area contributed by atoms with Crippen molar-refractivity contribution >= 4 is 5.97 Å². The molecule has 0 heterocycles. The number of benzene rings is 1. The number of carbonyl (C=O) groups excluding carboxylic acids is 1. The number of hydrogen-bond acceptors (Lipinski definition) is 4. The smallest absolute Gasteiger partial charge is 0.302 e. The van der Waals surface area contributed by atoms with Crippen molar-refractivity contribution in [1.29, 1.82) is 0 Å². The van der Waals surface area contributed by atoms with Crippen LogP contribution in [0.4, 0.5) is 4.39 Å². The third kappa shape index (κ3) is 5.31. The predicted molar refractivity (Wildman–Crippen MR) is 58.9 cm³/mol. The summed E-state index contributed by atoms with van der Waals surface area (Å²) in [6, 6.07) is 5.29. The zero-order valence-electron chi connectivity index (χ0n) is 9.77. The molecule has 0 saturated carbocycles. The summed E-state index contributed by atoms with van der Waals surface area (Å²) in [6.45, 7) is 2.79. The summed E-state index contributed by atoms with van der Waals surface area (Å²) in [6.07, 6.45) is 0.129. The van der Waals surface area contributed by atoms with Crippen LogP contribution in [0, 0.1) is 5.82 Å². The first-order valence-electron chi connectivity index (χ1n) is 5.19. The number of ether oxygens (including phenoxy) is 2. The quantitative estimate of drug-likeness (QED) is 0.632. The average Bonchev–Trinajstić information content (AvgIpc) is 2.20. The second kappa shape index (κ2) is 5.63. The van der Waals surface area contributed by atoms with Gasteiger partial charge in [0.25, 0.3) is 0 Å². The molecule has 1 rings (SSSR count). The van der Waals surface area contributed by atoms with E-state index in [1.54, 1.807) is 0 Å². The van der Waals surface area contributed by atoms with Gasteiger partial charge in [0.15, 0.2) is 0 Å². The third-order valence-corrected chi connectivity index (χ3v) is 2.02. The second-order valence-corrected chi connectivity index (χ2v) is 3.82. The topological polar surface area (TPSA) is 55.8 Å². The van der Waals surface area contributed by atoms with Crippen molar-refractivity contribution in [2.24, 2.45) is 0 Å². The Balaban J connectivity index is 2.48. The molecule has 0 amide bonds. The van der Waals surface area contributed by atoms with Crippen molar-refractivity contribution in [3.63, 3.8) is 0 Å². The Morgan fingerprint density at radius 1 is 1.41 bits per heavy atom. The fraction of sp³-hybridized carbons (Fsp3) is 0.417. The van der Waals surface area contributed by atoms with E-state index in [0.29, 0.717) is 5.75 Å². The van der Waals surface area contributed by atoms with Crippen LogP contribution in [-0.4, -0.2) is 23.5 Å². The standard InChI is InChI=1S/C12H15FO4/c1-9(14)16-8-7-12(2,15)17-11-5-3-10(13)4-6-11/h3-6,15H,7-8H2,1-2H3. The molecule has 1 N–H and O–H groups in total. The molecule has 0 bridgehead atoms. The minimum Gasteiger partial charge on any atom is -0.466 e. The van der Waals surface area contributed by atoms with Crippen LogP contribution in [0.5, 0.6) is 5.75 Å². The number of rotatable bonds is 5. The highest BCUT2D eigenvalue weighted by Gasteiger charge is 2.22. The van der Waals surface area contributed by atoms with Gasteiger partial charge in [-0.25, -0.2) is 4.39 Å². The highest BCUT2D eigenvalue weighted by molar-refractivity contribution is 5.65. The summed E-state index contributed by atoms with van der Waals surface area (Å²) in [7, 11) is 0. The van der Waals surface area contributed by atoms with Gasteiger partial charge in [-0.05, 0) is 24.3 Å². The lowest BCUT2D eigenvalue weighted by Gasteiger charge is -2.24. The molecule has 4 nitrogen and oxygen atoms in total. The first-order valence-corrected chi connectivity index (χ1v) is 5.19. The second-order valence-electron chi connectivity index (χ2n) is 3.82. The van der Waals surface area contributed by atoms with Crippen LogP contribution in [0.3, 0.4) is 0 Å². The van der Waals surface area contributed by atoms with Gasteiger partial charge in [0.2, 0.25) is 5.79 Å². The predicted octanol–water partition coefficient (Wildman–Crippen LogP) is 1.87. The van der Waals surface area contributed by atoms with Gasteiger partial charge in [0.1, 0.15) is 11.6 Å². The van der Waals surface area contributed by atoms with E-state index in [0.717, 1.165) is 0 Å². The summed E-state index contributed by atoms with van der Waals surface area (Å²) in [5.74, 6) is -1.91. The van der Waals surface area contributed by atoms with Crippen LogP contribution in [0.25, 0.3) is 0 Å². The summed E-state index contributed by atoms with van der Waals surface area (Å²) < 4.78 is 22.6. The molecule has 0 aliphatic heterocycles. The Morgan fingerprint density at radius 2 is 2.00 bits per heavy atom. The van der Waals surface area contributed by atoms with E-state index >= 15 is 0 Å². The number of hydrogen-bond donors (Lipinski definition) is 1. The van der Waals surface area contributed by atoms with E-state index < -0.39 is 11.8 Å². The number of halogens is 1. The maximum absolute atomic E-state index is 12.6. The summed E-state index contributed by atoms with van der Waals surface area (Å²) in [5.41, 5.74) is 0. The highest BCUT2D eigenvalue weighted by atomic mass is 19.1. The van der Waals surface area contributed by atoms with Gasteiger partial charge in [0, 0.05) is 20.3 Å². The third-order valence-electron chi connectivity index (χ3n) is 2.02. The molecule has 1 aromatic rings. The van der Waals surface area contributed by atoms with Gasteiger partial charge >= 0.3 is 5.97 Å². The molecule has 0 aliphatic rings. The summed E-state index contributed by atoms with van der Waals surface area (Å²) in [4.78, 5) is 10.5. The normalized spacial score (nSPS) is 13.9. The maximum Gasteiger partial charge on any atom is 0.302 e. The van der Waals surface area contributed by atoms with Gasteiger partial charge < -0.3 is 14.6 Å². The van der Waals surface area contributed by atoms with Crippen LogP contribution in [-0.2, 0) is 9.53 Å². The van der Waals surface area contributed by atoms with Gasteiger partial charge in [0.05, 0.1) is 6.61 Å². The first-order chi connectivity index (χ1) is 7.89. The Labute approximate surface area is 99.0 Å². The maximum atomic E-state index is 12.6. The van der Waals surface area contributed by atoms with E-state index in [9.17, 15) is 14.3 Å². The molecule has 0 aromatic heterocycles. The monoisotopic (exact) mass is 242 g/mol. The molecule has 17 heavy (non-hydrogen) atoms. The summed E-state index contributed by atoms with van der Waals surface area (Å²) in [5, 5.41) is 9.84. The molecule has 0 fully saturated rings. The van der Waals surface area contributed by atoms with Crippen molar-refractivity contribution < 1.29 is 23.8 Å². The molecule has 94 valence electrons. The Kier molecular flexibility index (Phi) is 4.45. The fourth-order valence-corrected chi connectivity index (χ4v) is 1.19. The van der Waals surface area contributed by atoms with Crippen molar-refractivity contribution in [2.45, 2.75) is 26.1 Å². The molecule has 1 atom stereocenters. The lowest BCUT2D eigenvalue weighted by atomic mass is 10.2. The lowest BCUT2D eigenvalue weighted by Crippen LogP contribution is -2.33. The Bertz CT molecular complexity index is 373. The molecular formula is C12H15FO4. The van der Waals surface area contributed by atoms with Crippen LogP contribution in [0.2, 0.25) is 0 Å². The van der Waals surface area contributed by atoms with Gasteiger partial charge in [-0.2, -0.15) is 0 Å². The Morgan fingerprint density at radius 3 is 2.53 bits per heavy atom. The minimum atomic E-state index is -1.47. The molecule has 0 spiro atoms. The molecule has 0 aliphatic carbocycles. The van der Waals surface area contributed by atoms with Crippen molar-refractivity contribution in [1.82, 2.24) is 0 Å². The van der Waals surface area contributed by atoms with Gasteiger partial charge in [-0.15, -0.1) is 0 Å². The Hall–Kier alpha value is -1.62. The SMILES string of the molecule is CC(=O)OCCC(C)(O)Oc1ccc(F)cc1. The van der Waals surface area contributed by atoms with E-state index in [1.165, 1.54) is 38.1 Å². The van der Waals surface area contributed by atoms with E-state index in [2.05, 4.69) is 0 Å². The van der Waals surface area contributed by atoms with Crippen LogP contribution >= 0.6 is 0 Å². The van der Waals surface area contributed by atoms with E-state index in [4.69, 9.17) is 9.47 Å². The molecule has 5 heteroatoms. The van der Waals surface area contributed by atoms with Crippen molar-refractivity contribution in [3.05, 3.63) is 30.1 Å². The van der Waals surface area contributed by atoms with Crippen molar-refractivity contribution in [2.75, 3.05) is 6.61 Å². The molecule has 0 saturated heterocycles. The number of esters is 1. The zero-order valence-corrected chi connectivity index (χ0v) is 9.77. The average molecular weight is 242 g/mol. The lowest BCUT2D eigenvalue weighted by molar-refractivity contribution is -0.153. The fourth-order valence-electron chi connectivity index (χ4n) is 1.19. The molecular weight excluding hydrogens is 227 g/mol.